The Hall–Kier alpha value is -0.345. The number of hydrogen-bond acceptors (Lipinski definition) is 3. The summed E-state index contributed by atoms with van der Waals surface area (Å²) in [7, 11) is -1.23. The summed E-state index contributed by atoms with van der Waals surface area (Å²) in [5.41, 5.74) is 0. The Morgan fingerprint density at radius 1 is 1.56 bits per heavy atom. The number of carbonyl (C=O) groups excluding carboxylic acids is 1. The fourth-order valence-electron chi connectivity index (χ4n) is 1.05. The molecule has 0 aromatic heterocycles. The summed E-state index contributed by atoms with van der Waals surface area (Å²) in [6.07, 6.45) is 1.43. The van der Waals surface area contributed by atoms with Gasteiger partial charge in [0.05, 0.1) is 0 Å². The summed E-state index contributed by atoms with van der Waals surface area (Å²) < 4.78 is 0. The molecule has 0 heterocycles. The fraction of sp³-hybridized carbons (Fsp3) is 0.800. The average molecular weight is 128 g/mol. The third kappa shape index (κ3) is 1.80. The summed E-state index contributed by atoms with van der Waals surface area (Å²) in [6.45, 7) is 0. The van der Waals surface area contributed by atoms with E-state index < -0.39 is 7.12 Å². The molecule has 0 radical (unpaired) electrons. The Bertz CT molecular complexity index is 115. The number of ketones is 1. The molecule has 50 valence electrons. The highest BCUT2D eigenvalue weighted by atomic mass is 16.4. The maximum Gasteiger partial charge on any atom is 0.451 e. The van der Waals surface area contributed by atoms with E-state index in [1.807, 2.05) is 0 Å². The second-order valence-electron chi connectivity index (χ2n) is 2.53. The summed E-state index contributed by atoms with van der Waals surface area (Å²) in [6, 6.07) is 0. The quantitative estimate of drug-likeness (QED) is 0.490. The van der Waals surface area contributed by atoms with Crippen LogP contribution in [0.5, 0.6) is 0 Å². The van der Waals surface area contributed by atoms with E-state index >= 15 is 0 Å². The zero-order valence-corrected chi connectivity index (χ0v) is 5.08. The second kappa shape index (κ2) is 2.50. The minimum absolute atomic E-state index is 0.234. The van der Waals surface area contributed by atoms with Crippen LogP contribution in [0.1, 0.15) is 12.8 Å². The van der Waals surface area contributed by atoms with Gasteiger partial charge in [0.25, 0.3) is 0 Å². The molecule has 1 saturated carbocycles. The number of hydrogen-bond donors (Lipinski definition) is 2. The molecule has 3 nitrogen and oxygen atoms in total. The van der Waals surface area contributed by atoms with Gasteiger partial charge < -0.3 is 10.0 Å². The average Bonchev–Trinajstić information content (AvgIpc) is 1.60. The van der Waals surface area contributed by atoms with E-state index in [1.165, 1.54) is 0 Å². The van der Waals surface area contributed by atoms with Crippen LogP contribution in [-0.2, 0) is 4.79 Å². The Morgan fingerprint density at radius 2 is 2.11 bits per heavy atom. The van der Waals surface area contributed by atoms with Crippen molar-refractivity contribution in [2.75, 3.05) is 0 Å². The molecule has 0 bridgehead atoms. The minimum atomic E-state index is -1.23. The van der Waals surface area contributed by atoms with Crippen molar-refractivity contribution in [2.24, 2.45) is 5.92 Å². The first-order valence-electron chi connectivity index (χ1n) is 3.06. The highest BCUT2D eigenvalue weighted by Crippen LogP contribution is 2.26. The topological polar surface area (TPSA) is 57.5 Å². The Balaban J connectivity index is 2.11. The number of carbonyl (C=O) groups is 1. The molecule has 9 heavy (non-hydrogen) atoms. The summed E-state index contributed by atoms with van der Waals surface area (Å²) in [5, 5.41) is 16.8. The van der Waals surface area contributed by atoms with Crippen molar-refractivity contribution in [3.63, 3.8) is 0 Å². The van der Waals surface area contributed by atoms with E-state index in [-0.39, 0.29) is 11.7 Å². The zero-order valence-electron chi connectivity index (χ0n) is 5.08. The van der Waals surface area contributed by atoms with Gasteiger partial charge in [-0.05, 0) is 12.2 Å². The summed E-state index contributed by atoms with van der Waals surface area (Å²) >= 11 is 0. The van der Waals surface area contributed by atoms with Gasteiger partial charge in [0.1, 0.15) is 5.78 Å². The van der Waals surface area contributed by atoms with Gasteiger partial charge in [0, 0.05) is 12.8 Å². The molecule has 0 aliphatic heterocycles. The molecular formula is C5H9BO3. The van der Waals surface area contributed by atoms with Gasteiger partial charge in [-0.1, -0.05) is 0 Å². The van der Waals surface area contributed by atoms with Gasteiger partial charge in [-0.25, -0.2) is 0 Å². The summed E-state index contributed by atoms with van der Waals surface area (Å²) in [5.74, 6) is 0.471. The highest BCUT2D eigenvalue weighted by Gasteiger charge is 2.29. The SMILES string of the molecule is O=C1CC(CB(O)O)C1. The standard InChI is InChI=1S/C5H9BO3/c7-5-1-4(2-5)3-6(8)9/h4,8-9H,1-3H2. The van der Waals surface area contributed by atoms with Crippen LogP contribution in [0.15, 0.2) is 0 Å². The largest absolute Gasteiger partial charge is 0.451 e. The molecule has 4 heteroatoms. The third-order valence-electron chi connectivity index (χ3n) is 1.58. The van der Waals surface area contributed by atoms with Crippen molar-refractivity contribution < 1.29 is 14.8 Å². The lowest BCUT2D eigenvalue weighted by Crippen LogP contribution is -2.28. The van der Waals surface area contributed by atoms with Crippen LogP contribution < -0.4 is 0 Å². The fourth-order valence-corrected chi connectivity index (χ4v) is 1.05. The van der Waals surface area contributed by atoms with Crippen LogP contribution in [0, 0.1) is 5.92 Å². The van der Waals surface area contributed by atoms with E-state index in [0.29, 0.717) is 19.2 Å². The van der Waals surface area contributed by atoms with Gasteiger partial charge in [-0.3, -0.25) is 4.79 Å². The van der Waals surface area contributed by atoms with Gasteiger partial charge in [0.15, 0.2) is 0 Å². The van der Waals surface area contributed by atoms with Crippen LogP contribution in [0.2, 0.25) is 6.32 Å². The maximum atomic E-state index is 10.3. The van der Waals surface area contributed by atoms with Gasteiger partial charge in [-0.15, -0.1) is 0 Å². The molecule has 1 rings (SSSR count). The smallest absolute Gasteiger partial charge is 0.427 e. The zero-order chi connectivity index (χ0) is 6.85. The molecule has 0 aromatic carbocycles. The maximum absolute atomic E-state index is 10.3. The van der Waals surface area contributed by atoms with Crippen molar-refractivity contribution in [1.82, 2.24) is 0 Å². The van der Waals surface area contributed by atoms with Crippen molar-refractivity contribution in [3.8, 4) is 0 Å². The van der Waals surface area contributed by atoms with Crippen LogP contribution >= 0.6 is 0 Å². The third-order valence-corrected chi connectivity index (χ3v) is 1.58. The molecule has 0 amide bonds. The van der Waals surface area contributed by atoms with E-state index in [4.69, 9.17) is 10.0 Å². The van der Waals surface area contributed by atoms with Gasteiger partial charge in [-0.2, -0.15) is 0 Å². The predicted octanol–water partition coefficient (Wildman–Crippen LogP) is -0.562. The lowest BCUT2D eigenvalue weighted by molar-refractivity contribution is -0.126. The van der Waals surface area contributed by atoms with E-state index in [1.54, 1.807) is 0 Å². The van der Waals surface area contributed by atoms with E-state index in [9.17, 15) is 4.79 Å². The first kappa shape index (κ1) is 6.77. The molecule has 1 aliphatic carbocycles. The van der Waals surface area contributed by atoms with Crippen LogP contribution in [0.4, 0.5) is 0 Å². The van der Waals surface area contributed by atoms with Gasteiger partial charge in [0.2, 0.25) is 0 Å². The van der Waals surface area contributed by atoms with Crippen LogP contribution in [0.3, 0.4) is 0 Å². The Labute approximate surface area is 53.8 Å². The normalized spacial score (nSPS) is 19.6. The lowest BCUT2D eigenvalue weighted by Gasteiger charge is -2.22. The molecule has 0 aromatic rings. The van der Waals surface area contributed by atoms with Gasteiger partial charge >= 0.3 is 7.12 Å². The van der Waals surface area contributed by atoms with Crippen molar-refractivity contribution in [3.05, 3.63) is 0 Å². The van der Waals surface area contributed by atoms with E-state index in [0.717, 1.165) is 0 Å². The molecular weight excluding hydrogens is 119 g/mol. The highest BCUT2D eigenvalue weighted by molar-refractivity contribution is 6.41. The molecule has 2 N–H and O–H groups in total. The van der Waals surface area contributed by atoms with Crippen molar-refractivity contribution in [1.29, 1.82) is 0 Å². The molecule has 0 saturated heterocycles. The summed E-state index contributed by atoms with van der Waals surface area (Å²) in [4.78, 5) is 10.3. The molecule has 1 aliphatic rings. The van der Waals surface area contributed by atoms with Crippen LogP contribution in [0.25, 0.3) is 0 Å². The Kier molecular flexibility index (Phi) is 1.88. The predicted molar refractivity (Wildman–Crippen MR) is 32.7 cm³/mol. The molecule has 0 spiro atoms. The number of rotatable bonds is 2. The molecule has 0 atom stereocenters. The first-order valence-corrected chi connectivity index (χ1v) is 3.06. The monoisotopic (exact) mass is 128 g/mol. The molecule has 0 unspecified atom stereocenters. The minimum Gasteiger partial charge on any atom is -0.427 e. The second-order valence-corrected chi connectivity index (χ2v) is 2.53. The van der Waals surface area contributed by atoms with Crippen molar-refractivity contribution >= 4 is 12.9 Å². The van der Waals surface area contributed by atoms with E-state index in [2.05, 4.69) is 0 Å². The number of Topliss-reactive ketones (excluding diaryl/α,β-unsaturated/α-hetero) is 1. The first-order chi connectivity index (χ1) is 4.18. The van der Waals surface area contributed by atoms with Crippen molar-refractivity contribution in [2.45, 2.75) is 19.2 Å². The van der Waals surface area contributed by atoms with Crippen LogP contribution in [-0.4, -0.2) is 22.9 Å². The molecule has 1 fully saturated rings. The lowest BCUT2D eigenvalue weighted by atomic mass is 9.69. The Morgan fingerprint density at radius 3 is 2.44 bits per heavy atom.